The van der Waals surface area contributed by atoms with Crippen LogP contribution in [0, 0.1) is 17.5 Å². The Bertz CT molecular complexity index is 866. The number of alkyl halides is 3. The number of carbonyl (C=O) groups is 2. The first kappa shape index (κ1) is 22.4. The Kier molecular flexibility index (Phi) is 6.70. The van der Waals surface area contributed by atoms with Crippen LogP contribution < -0.4 is 0 Å². The summed E-state index contributed by atoms with van der Waals surface area (Å²) in [5, 5.41) is 0. The van der Waals surface area contributed by atoms with Crippen molar-refractivity contribution in [3.63, 3.8) is 0 Å². The van der Waals surface area contributed by atoms with Crippen molar-refractivity contribution in [2.45, 2.75) is 19.0 Å². The highest BCUT2D eigenvalue weighted by molar-refractivity contribution is 5.99. The number of amides is 1. The van der Waals surface area contributed by atoms with E-state index < -0.39 is 59.6 Å². The molecule has 0 spiro atoms. The van der Waals surface area contributed by atoms with E-state index >= 15 is 0 Å². The molecule has 0 N–H and O–H groups in total. The van der Waals surface area contributed by atoms with Crippen LogP contribution in [0.25, 0.3) is 0 Å². The van der Waals surface area contributed by atoms with Gasteiger partial charge >= 0.3 is 6.18 Å². The topological polar surface area (TPSA) is 53.0 Å². The molecule has 1 fully saturated rings. The van der Waals surface area contributed by atoms with E-state index in [0.29, 0.717) is 12.1 Å². The van der Waals surface area contributed by atoms with E-state index in [0.717, 1.165) is 16.8 Å². The Labute approximate surface area is 162 Å². The predicted octanol–water partition coefficient (Wildman–Crippen LogP) is 2.85. The second kappa shape index (κ2) is 8.66. The van der Waals surface area contributed by atoms with Crippen molar-refractivity contribution in [1.82, 2.24) is 9.80 Å². The van der Waals surface area contributed by atoms with Crippen molar-refractivity contribution in [3.8, 4) is 0 Å². The summed E-state index contributed by atoms with van der Waals surface area (Å²) in [6, 6.07) is 0.840. The molecule has 0 saturated carbocycles. The van der Waals surface area contributed by atoms with Crippen LogP contribution in [0.15, 0.2) is 29.4 Å². The smallest absolute Gasteiger partial charge is 0.335 e. The quantitative estimate of drug-likeness (QED) is 0.247. The van der Waals surface area contributed by atoms with Gasteiger partial charge in [-0.2, -0.15) is 13.2 Å². The molecule has 0 aliphatic carbocycles. The number of ketones is 1. The van der Waals surface area contributed by atoms with E-state index in [4.69, 9.17) is 0 Å². The molecule has 5 nitrogen and oxygen atoms in total. The Morgan fingerprint density at radius 3 is 2.28 bits per heavy atom. The normalized spacial score (nSPS) is 15.7. The third kappa shape index (κ3) is 5.36. The van der Waals surface area contributed by atoms with E-state index in [-0.39, 0.29) is 25.3 Å². The number of piperazine rings is 1. The highest BCUT2D eigenvalue weighted by atomic mass is 19.4. The van der Waals surface area contributed by atoms with Gasteiger partial charge in [0, 0.05) is 38.3 Å². The van der Waals surface area contributed by atoms with Crippen LogP contribution in [0.5, 0.6) is 0 Å². The first-order valence-corrected chi connectivity index (χ1v) is 8.36. The fraction of sp³-hybridized carbons (Fsp3) is 0.389. The first-order chi connectivity index (χ1) is 13.4. The zero-order chi connectivity index (χ0) is 21.9. The summed E-state index contributed by atoms with van der Waals surface area (Å²) >= 11 is 0. The fourth-order valence-corrected chi connectivity index (χ4v) is 2.89. The van der Waals surface area contributed by atoms with E-state index in [1.807, 2.05) is 0 Å². The highest BCUT2D eigenvalue weighted by Crippen LogP contribution is 2.24. The lowest BCUT2D eigenvalue weighted by Gasteiger charge is -2.38. The van der Waals surface area contributed by atoms with Gasteiger partial charge in [0.2, 0.25) is 11.7 Å². The summed E-state index contributed by atoms with van der Waals surface area (Å²) in [4.78, 5) is 29.5. The molecule has 0 atom stereocenters. The van der Waals surface area contributed by atoms with E-state index in [1.165, 1.54) is 0 Å². The lowest BCUT2D eigenvalue weighted by molar-refractivity contribution is -0.135. The zero-order valence-electron chi connectivity index (χ0n) is 15.3. The molecule has 0 aromatic heterocycles. The van der Waals surface area contributed by atoms with Crippen LogP contribution in [0.3, 0.4) is 0 Å². The van der Waals surface area contributed by atoms with Gasteiger partial charge < -0.3 is 9.80 Å². The third-order valence-corrected chi connectivity index (χ3v) is 4.25. The molecule has 1 heterocycles. The minimum atomic E-state index is -4.69. The average molecular weight is 421 g/mol. The molecular formula is C18H17F6N3O2. The van der Waals surface area contributed by atoms with Crippen molar-refractivity contribution in [1.29, 1.82) is 0 Å². The third-order valence-electron chi connectivity index (χ3n) is 4.25. The SMILES string of the molecule is C=C1CN(C(=O)CC(=O)Cc2cc(F)c(F)cc2F)CCN1C(=NC)C(F)(F)F. The molecule has 1 aromatic carbocycles. The van der Waals surface area contributed by atoms with Gasteiger partial charge in [-0.15, -0.1) is 0 Å². The average Bonchev–Trinajstić information content (AvgIpc) is 2.60. The first-order valence-electron chi connectivity index (χ1n) is 8.36. The minimum Gasteiger partial charge on any atom is -0.335 e. The maximum atomic E-state index is 13.6. The maximum absolute atomic E-state index is 13.6. The van der Waals surface area contributed by atoms with Gasteiger partial charge in [-0.05, 0) is 11.6 Å². The summed E-state index contributed by atoms with van der Waals surface area (Å²) in [5.41, 5.74) is -0.425. The lowest BCUT2D eigenvalue weighted by Crippen LogP contribution is -2.52. The van der Waals surface area contributed by atoms with Gasteiger partial charge in [-0.3, -0.25) is 14.6 Å². The number of halogens is 6. The lowest BCUT2D eigenvalue weighted by atomic mass is 10.1. The summed E-state index contributed by atoms with van der Waals surface area (Å²) in [6.07, 6.45) is -5.98. The second-order valence-electron chi connectivity index (χ2n) is 6.33. The van der Waals surface area contributed by atoms with Crippen LogP contribution in [0.4, 0.5) is 26.3 Å². The van der Waals surface area contributed by atoms with Gasteiger partial charge in [0.1, 0.15) is 11.6 Å². The van der Waals surface area contributed by atoms with Gasteiger partial charge in [-0.1, -0.05) is 6.58 Å². The number of aliphatic imine (C=N–C) groups is 1. The molecule has 0 radical (unpaired) electrons. The Morgan fingerprint density at radius 2 is 1.72 bits per heavy atom. The molecule has 2 rings (SSSR count). The summed E-state index contributed by atoms with van der Waals surface area (Å²) in [7, 11) is 0.990. The van der Waals surface area contributed by atoms with Crippen molar-refractivity contribution >= 4 is 17.5 Å². The van der Waals surface area contributed by atoms with Gasteiger partial charge in [-0.25, -0.2) is 13.2 Å². The molecule has 1 amide bonds. The van der Waals surface area contributed by atoms with Crippen LogP contribution in [0.1, 0.15) is 12.0 Å². The molecule has 1 aliphatic heterocycles. The van der Waals surface area contributed by atoms with E-state index in [1.54, 1.807) is 0 Å². The summed E-state index contributed by atoms with van der Waals surface area (Å²) in [5.74, 6) is -6.43. The fourth-order valence-electron chi connectivity index (χ4n) is 2.89. The second-order valence-corrected chi connectivity index (χ2v) is 6.33. The van der Waals surface area contributed by atoms with Crippen molar-refractivity contribution < 1.29 is 35.9 Å². The minimum absolute atomic E-state index is 0.0263. The van der Waals surface area contributed by atoms with Gasteiger partial charge in [0.25, 0.3) is 0 Å². The number of rotatable bonds is 4. The molecule has 0 bridgehead atoms. The largest absolute Gasteiger partial charge is 0.449 e. The highest BCUT2D eigenvalue weighted by Gasteiger charge is 2.41. The number of nitrogens with zero attached hydrogens (tertiary/aromatic N) is 3. The number of carbonyl (C=O) groups excluding carboxylic acids is 2. The number of hydrogen-bond acceptors (Lipinski definition) is 3. The maximum Gasteiger partial charge on any atom is 0.449 e. The van der Waals surface area contributed by atoms with E-state index in [2.05, 4.69) is 11.6 Å². The molecule has 1 saturated heterocycles. The zero-order valence-corrected chi connectivity index (χ0v) is 15.3. The van der Waals surface area contributed by atoms with Gasteiger partial charge in [0.05, 0.1) is 13.0 Å². The number of hydrogen-bond donors (Lipinski definition) is 0. The van der Waals surface area contributed by atoms with Gasteiger partial charge in [0.15, 0.2) is 11.6 Å². The van der Waals surface area contributed by atoms with Crippen LogP contribution in [-0.2, 0) is 16.0 Å². The number of Topliss-reactive ketones (excluding diaryl/α,β-unsaturated/α-hetero) is 1. The molecule has 11 heteroatoms. The monoisotopic (exact) mass is 421 g/mol. The molecule has 1 aliphatic rings. The van der Waals surface area contributed by atoms with Crippen LogP contribution in [-0.4, -0.2) is 60.2 Å². The van der Waals surface area contributed by atoms with Crippen molar-refractivity contribution in [2.24, 2.45) is 4.99 Å². The molecular weight excluding hydrogens is 404 g/mol. The molecule has 0 unspecified atom stereocenters. The summed E-state index contributed by atoms with van der Waals surface area (Å²) < 4.78 is 78.7. The Hall–Kier alpha value is -2.85. The molecule has 158 valence electrons. The molecule has 1 aromatic rings. The van der Waals surface area contributed by atoms with Crippen molar-refractivity contribution in [3.05, 3.63) is 47.4 Å². The van der Waals surface area contributed by atoms with Crippen molar-refractivity contribution in [2.75, 3.05) is 26.7 Å². The Morgan fingerprint density at radius 1 is 1.10 bits per heavy atom. The molecule has 29 heavy (non-hydrogen) atoms. The number of amidine groups is 1. The predicted molar refractivity (Wildman–Crippen MR) is 91.5 cm³/mol. The number of benzene rings is 1. The summed E-state index contributed by atoms with van der Waals surface area (Å²) in [6.45, 7) is 2.95. The van der Waals surface area contributed by atoms with Crippen LogP contribution in [0.2, 0.25) is 0 Å². The van der Waals surface area contributed by atoms with E-state index in [9.17, 15) is 35.9 Å². The standard InChI is InChI=1S/C18H17F6N3O2/c1-10-9-26(3-4-27(10)17(25-2)18(22,23)24)16(29)7-12(28)5-11-6-14(20)15(21)8-13(11)19/h6,8H,1,3-5,7,9H2,2H3. The Balaban J connectivity index is 1.98. The van der Waals surface area contributed by atoms with Crippen LogP contribution >= 0.6 is 0 Å².